The number of carbonyl (C=O) groups excluding carboxylic acids is 2. The summed E-state index contributed by atoms with van der Waals surface area (Å²) in [6, 6.07) is 12.6. The Hall–Kier alpha value is -4.44. The van der Waals surface area contributed by atoms with Crippen molar-refractivity contribution in [1.82, 2.24) is 20.6 Å². The number of carbonyl (C=O) groups is 3. The van der Waals surface area contributed by atoms with Crippen molar-refractivity contribution in [3.05, 3.63) is 59.9 Å². The summed E-state index contributed by atoms with van der Waals surface area (Å²) in [6.07, 6.45) is -7.80. The lowest BCUT2D eigenvalue weighted by atomic mass is 9.99. The molecule has 0 saturated carbocycles. The molecule has 0 radical (unpaired) electrons. The van der Waals surface area contributed by atoms with Crippen molar-refractivity contribution < 1.29 is 58.5 Å². The summed E-state index contributed by atoms with van der Waals surface area (Å²) in [4.78, 5) is 46.0. The van der Waals surface area contributed by atoms with Crippen LogP contribution >= 0.6 is 12.6 Å². The highest BCUT2D eigenvalue weighted by Crippen LogP contribution is 2.30. The molecular formula is C34H44N6O12S. The zero-order chi connectivity index (χ0) is 38.3. The lowest BCUT2D eigenvalue weighted by Gasteiger charge is -2.37. The predicted octanol–water partition coefficient (Wildman–Crippen LogP) is -0.187. The maximum Gasteiger partial charge on any atom is 0.335 e. The van der Waals surface area contributed by atoms with Crippen LogP contribution < -0.4 is 26.4 Å². The molecule has 53 heavy (non-hydrogen) atoms. The Bertz CT molecular complexity index is 1670. The number of ether oxygens (including phenoxy) is 5. The molecule has 5 unspecified atom stereocenters. The lowest BCUT2D eigenvalue weighted by molar-refractivity contribution is -0.286. The van der Waals surface area contributed by atoms with Crippen LogP contribution in [0.15, 0.2) is 53.6 Å². The number of aliphatic carboxylic acids is 1. The van der Waals surface area contributed by atoms with Gasteiger partial charge in [-0.1, -0.05) is 24.3 Å². The molecule has 1 saturated heterocycles. The summed E-state index contributed by atoms with van der Waals surface area (Å²) in [7, 11) is 1.79. The highest BCUT2D eigenvalue weighted by molar-refractivity contribution is 7.80. The van der Waals surface area contributed by atoms with E-state index < -0.39 is 48.6 Å². The average molecular weight is 761 g/mol. The molecule has 18 nitrogen and oxygen atoms in total. The van der Waals surface area contributed by atoms with Crippen molar-refractivity contribution in [3.63, 3.8) is 0 Å². The minimum atomic E-state index is -1.88. The Morgan fingerprint density at radius 2 is 1.66 bits per heavy atom. The molecule has 1 aliphatic rings. The van der Waals surface area contributed by atoms with Gasteiger partial charge in [-0.25, -0.2) is 14.8 Å². The van der Waals surface area contributed by atoms with Crippen LogP contribution in [0.2, 0.25) is 0 Å². The van der Waals surface area contributed by atoms with Gasteiger partial charge in [-0.05, 0) is 25.2 Å². The maximum absolute atomic E-state index is 13.3. The molecule has 9 N–H and O–H groups in total. The standard InChI is InChI=1S/C34H44N6O12S/c1-36-17-20-3-2-4-22(40-32(45)25-31(35)38-18-23(39-25)19-5-7-21(53)8-6-19)29(20)50-16-15-49-14-13-48-12-11-37-10-9-24(41)51-34-28(44)26(42)27(43)30(52-34)33(46)47/h2-8,18,26-28,30,34,36-37,42-44,53H,9-17H2,1H3,(H2,35,38)(H,40,45)(H,46,47). The smallest absolute Gasteiger partial charge is 0.335 e. The lowest BCUT2D eigenvalue weighted by Crippen LogP contribution is -2.60. The zero-order valence-electron chi connectivity index (χ0n) is 28.8. The highest BCUT2D eigenvalue weighted by Gasteiger charge is 2.48. The Morgan fingerprint density at radius 3 is 2.38 bits per heavy atom. The maximum atomic E-state index is 13.3. The summed E-state index contributed by atoms with van der Waals surface area (Å²) >= 11 is 4.30. The van der Waals surface area contributed by atoms with Gasteiger partial charge in [0.1, 0.15) is 30.7 Å². The SMILES string of the molecule is CNCc1cccc(NC(=O)c2nc(-c3ccc(S)cc3)cnc2N)c1OCCOCCOCCNCCC(=O)OC1OC(C(=O)O)C(O)C(O)C1O. The number of carboxylic acids is 1. The van der Waals surface area contributed by atoms with Gasteiger partial charge in [-0.3, -0.25) is 9.59 Å². The van der Waals surface area contributed by atoms with Crippen molar-refractivity contribution in [2.45, 2.75) is 48.6 Å². The number of hydrogen-bond donors (Lipinski definition) is 9. The van der Waals surface area contributed by atoms with Crippen LogP contribution in [0.1, 0.15) is 22.5 Å². The number of aliphatic hydroxyl groups excluding tert-OH is 3. The minimum Gasteiger partial charge on any atom is -0.489 e. The summed E-state index contributed by atoms with van der Waals surface area (Å²) in [5.41, 5.74) is 8.45. The molecule has 0 spiro atoms. The Balaban J connectivity index is 1.14. The number of nitrogens with one attached hydrogen (secondary N) is 3. The molecule has 0 aliphatic carbocycles. The van der Waals surface area contributed by atoms with Crippen molar-refractivity contribution in [2.24, 2.45) is 0 Å². The fourth-order valence-electron chi connectivity index (χ4n) is 5.02. The minimum absolute atomic E-state index is 0.0207. The van der Waals surface area contributed by atoms with Gasteiger partial charge in [0.05, 0.1) is 50.4 Å². The number of aliphatic hydroxyl groups is 3. The molecule has 2 heterocycles. The number of carboxylic acid groups (broad SMARTS) is 1. The predicted molar refractivity (Wildman–Crippen MR) is 191 cm³/mol. The summed E-state index contributed by atoms with van der Waals surface area (Å²) < 4.78 is 27.0. The van der Waals surface area contributed by atoms with Gasteiger partial charge >= 0.3 is 11.9 Å². The first kappa shape index (κ1) is 41.3. The number of thiol groups is 1. The summed E-state index contributed by atoms with van der Waals surface area (Å²) in [5.74, 6) is -2.50. The number of esters is 1. The van der Waals surface area contributed by atoms with Crippen molar-refractivity contribution in [2.75, 3.05) is 64.2 Å². The van der Waals surface area contributed by atoms with Crippen LogP contribution in [0, 0.1) is 0 Å². The van der Waals surface area contributed by atoms with Crippen LogP contribution in [-0.2, 0) is 35.1 Å². The number of nitrogens with two attached hydrogens (primary N) is 1. The van der Waals surface area contributed by atoms with E-state index in [-0.39, 0.29) is 50.9 Å². The van der Waals surface area contributed by atoms with Crippen molar-refractivity contribution >= 4 is 42.0 Å². The Kier molecular flexibility index (Phi) is 16.1. The molecule has 5 atom stereocenters. The fraction of sp³-hybridized carbons (Fsp3) is 0.441. The van der Waals surface area contributed by atoms with Gasteiger partial charge in [0, 0.05) is 35.7 Å². The summed E-state index contributed by atoms with van der Waals surface area (Å²) in [6.45, 7) is 2.35. The number of benzene rings is 2. The fourth-order valence-corrected chi connectivity index (χ4v) is 5.17. The molecule has 1 aromatic heterocycles. The number of amides is 1. The number of para-hydroxylation sites is 1. The molecule has 2 aromatic carbocycles. The molecule has 1 amide bonds. The number of anilines is 2. The third kappa shape index (κ3) is 12.0. The van der Waals surface area contributed by atoms with Crippen LogP contribution in [0.5, 0.6) is 5.75 Å². The number of aromatic nitrogens is 2. The topological polar surface area (TPSA) is 266 Å². The molecule has 1 fully saturated rings. The number of nitrogens with zero attached hydrogens (tertiary/aromatic N) is 2. The third-order valence-electron chi connectivity index (χ3n) is 7.73. The molecule has 288 valence electrons. The first-order valence-electron chi connectivity index (χ1n) is 16.6. The van der Waals surface area contributed by atoms with Crippen LogP contribution in [-0.4, -0.2) is 132 Å². The van der Waals surface area contributed by atoms with Crippen molar-refractivity contribution in [1.29, 1.82) is 0 Å². The third-order valence-corrected chi connectivity index (χ3v) is 8.02. The second kappa shape index (κ2) is 20.7. The molecule has 3 aromatic rings. The quantitative estimate of drug-likeness (QED) is 0.0411. The van der Waals surface area contributed by atoms with E-state index in [0.29, 0.717) is 36.8 Å². The van der Waals surface area contributed by atoms with Crippen LogP contribution in [0.3, 0.4) is 0 Å². The second-order valence-electron chi connectivity index (χ2n) is 11.6. The van der Waals surface area contributed by atoms with Crippen LogP contribution in [0.4, 0.5) is 11.5 Å². The largest absolute Gasteiger partial charge is 0.489 e. The first-order valence-corrected chi connectivity index (χ1v) is 17.1. The summed E-state index contributed by atoms with van der Waals surface area (Å²) in [5, 5.41) is 47.5. The first-order chi connectivity index (χ1) is 25.5. The van der Waals surface area contributed by atoms with Gasteiger partial charge in [0.2, 0.25) is 6.29 Å². The normalized spacial score (nSPS) is 19.8. The van der Waals surface area contributed by atoms with Crippen molar-refractivity contribution in [3.8, 4) is 17.0 Å². The molecule has 4 rings (SSSR count). The van der Waals surface area contributed by atoms with Gasteiger partial charge in [-0.2, -0.15) is 0 Å². The zero-order valence-corrected chi connectivity index (χ0v) is 29.7. The van der Waals surface area contributed by atoms with E-state index in [2.05, 4.69) is 38.5 Å². The Labute approximate surface area is 310 Å². The van der Waals surface area contributed by atoms with E-state index >= 15 is 0 Å². The Morgan fingerprint density at radius 1 is 0.943 bits per heavy atom. The number of rotatable bonds is 20. The van der Waals surface area contributed by atoms with Gasteiger partial charge in [0.25, 0.3) is 5.91 Å². The molecule has 19 heteroatoms. The monoisotopic (exact) mass is 760 g/mol. The van der Waals surface area contributed by atoms with E-state index in [0.717, 1.165) is 16.0 Å². The van der Waals surface area contributed by atoms with Crippen LogP contribution in [0.25, 0.3) is 11.3 Å². The highest BCUT2D eigenvalue weighted by atomic mass is 32.1. The van der Waals surface area contributed by atoms with E-state index in [4.69, 9.17) is 34.5 Å². The van der Waals surface area contributed by atoms with E-state index in [1.54, 1.807) is 19.2 Å². The second-order valence-corrected chi connectivity index (χ2v) is 12.1. The van der Waals surface area contributed by atoms with Gasteiger partial charge in [-0.15, -0.1) is 12.6 Å². The van der Waals surface area contributed by atoms with E-state index in [1.165, 1.54) is 6.20 Å². The molecule has 1 aliphatic heterocycles. The van der Waals surface area contributed by atoms with Gasteiger partial charge < -0.3 is 65.8 Å². The van der Waals surface area contributed by atoms with Gasteiger partial charge in [0.15, 0.2) is 17.6 Å². The van der Waals surface area contributed by atoms with E-state index in [1.807, 2.05) is 30.3 Å². The average Bonchev–Trinajstić information content (AvgIpc) is 3.13. The number of hydrogen-bond acceptors (Lipinski definition) is 17. The van der Waals surface area contributed by atoms with E-state index in [9.17, 15) is 29.7 Å². The molecule has 0 bridgehead atoms. The number of nitrogen functional groups attached to an aromatic ring is 1. The molecular weight excluding hydrogens is 716 g/mol.